The third kappa shape index (κ3) is 4.20. The van der Waals surface area contributed by atoms with Gasteiger partial charge < -0.3 is 20.3 Å². The summed E-state index contributed by atoms with van der Waals surface area (Å²) in [6.07, 6.45) is -0.443. The van der Waals surface area contributed by atoms with Gasteiger partial charge in [-0.2, -0.15) is 0 Å². The van der Waals surface area contributed by atoms with Gasteiger partial charge in [0.1, 0.15) is 17.2 Å². The molecule has 0 aliphatic rings. The Balaban J connectivity index is 1.93. The number of aryl methyl sites for hydroxylation is 2. The molecule has 6 nitrogen and oxygen atoms in total. The highest BCUT2D eigenvalue weighted by Gasteiger charge is 2.16. The van der Waals surface area contributed by atoms with E-state index in [0.29, 0.717) is 29.1 Å². The number of benzene rings is 1. The number of anilines is 1. The molecule has 1 aromatic heterocycles. The normalized spacial score (nSPS) is 12.0. The molecule has 23 heavy (non-hydrogen) atoms. The van der Waals surface area contributed by atoms with E-state index in [-0.39, 0.29) is 11.6 Å². The van der Waals surface area contributed by atoms with Gasteiger partial charge in [-0.15, -0.1) is 0 Å². The van der Waals surface area contributed by atoms with E-state index in [2.05, 4.69) is 15.8 Å². The van der Waals surface area contributed by atoms with Crippen molar-refractivity contribution < 1.29 is 18.8 Å². The zero-order valence-corrected chi connectivity index (χ0v) is 13.4. The molecule has 3 N–H and O–H groups in total. The third-order valence-electron chi connectivity index (χ3n) is 3.29. The van der Waals surface area contributed by atoms with E-state index >= 15 is 0 Å². The SMILES string of the molecule is CCc1noc(C)c1NC(=O)NCC(O)c1ccc(Cl)c(F)c1. The topological polar surface area (TPSA) is 87.4 Å². The fraction of sp³-hybridized carbons (Fsp3) is 0.333. The van der Waals surface area contributed by atoms with Crippen LogP contribution in [0.5, 0.6) is 0 Å². The number of urea groups is 1. The van der Waals surface area contributed by atoms with Crippen molar-refractivity contribution >= 4 is 23.3 Å². The van der Waals surface area contributed by atoms with E-state index < -0.39 is 18.0 Å². The van der Waals surface area contributed by atoms with Crippen molar-refractivity contribution in [2.24, 2.45) is 0 Å². The van der Waals surface area contributed by atoms with Gasteiger partial charge in [0.15, 0.2) is 5.76 Å². The summed E-state index contributed by atoms with van der Waals surface area (Å²) < 4.78 is 18.4. The van der Waals surface area contributed by atoms with Crippen molar-refractivity contribution in [1.29, 1.82) is 0 Å². The fourth-order valence-corrected chi connectivity index (χ4v) is 2.12. The Bertz CT molecular complexity index is 705. The van der Waals surface area contributed by atoms with Crippen molar-refractivity contribution in [3.63, 3.8) is 0 Å². The van der Waals surface area contributed by atoms with Gasteiger partial charge in [0, 0.05) is 6.54 Å². The van der Waals surface area contributed by atoms with Gasteiger partial charge in [-0.1, -0.05) is 29.7 Å². The molecule has 0 bridgehead atoms. The molecular formula is C15H17ClFN3O3. The molecule has 0 aliphatic heterocycles. The molecule has 1 atom stereocenters. The molecule has 0 saturated heterocycles. The molecule has 2 aromatic rings. The number of nitrogens with zero attached hydrogens (tertiary/aromatic N) is 1. The summed E-state index contributed by atoms with van der Waals surface area (Å²) in [6, 6.07) is 3.46. The number of aliphatic hydroxyl groups excluding tert-OH is 1. The molecule has 2 rings (SSSR count). The van der Waals surface area contributed by atoms with Crippen LogP contribution in [0.1, 0.15) is 30.0 Å². The van der Waals surface area contributed by atoms with Crippen LogP contribution in [0, 0.1) is 12.7 Å². The second-order valence-electron chi connectivity index (χ2n) is 4.94. The lowest BCUT2D eigenvalue weighted by Gasteiger charge is -2.13. The summed E-state index contributed by atoms with van der Waals surface area (Å²) in [5.74, 6) is -0.127. The number of aliphatic hydroxyl groups is 1. The summed E-state index contributed by atoms with van der Waals surface area (Å²) in [7, 11) is 0. The van der Waals surface area contributed by atoms with Gasteiger partial charge >= 0.3 is 6.03 Å². The lowest BCUT2D eigenvalue weighted by atomic mass is 10.1. The maximum Gasteiger partial charge on any atom is 0.319 e. The average molecular weight is 342 g/mol. The van der Waals surface area contributed by atoms with Gasteiger partial charge in [-0.05, 0) is 31.0 Å². The van der Waals surface area contributed by atoms with Gasteiger partial charge in [0.2, 0.25) is 0 Å². The first kappa shape index (κ1) is 17.2. The number of nitrogens with one attached hydrogen (secondary N) is 2. The lowest BCUT2D eigenvalue weighted by molar-refractivity contribution is 0.174. The number of amides is 2. The van der Waals surface area contributed by atoms with E-state index in [9.17, 15) is 14.3 Å². The lowest BCUT2D eigenvalue weighted by Crippen LogP contribution is -2.32. The number of carbonyl (C=O) groups excluding carboxylic acids is 1. The molecule has 0 aliphatic carbocycles. The van der Waals surface area contributed by atoms with Crippen molar-refractivity contribution in [2.45, 2.75) is 26.4 Å². The van der Waals surface area contributed by atoms with E-state index in [1.807, 2.05) is 6.92 Å². The number of aromatic nitrogens is 1. The number of hydrogen-bond acceptors (Lipinski definition) is 4. The molecule has 1 aromatic carbocycles. The van der Waals surface area contributed by atoms with Crippen molar-refractivity contribution in [3.8, 4) is 0 Å². The second-order valence-corrected chi connectivity index (χ2v) is 5.35. The van der Waals surface area contributed by atoms with Crippen LogP contribution in [0.15, 0.2) is 22.7 Å². The number of rotatable bonds is 5. The molecule has 0 radical (unpaired) electrons. The highest BCUT2D eigenvalue weighted by molar-refractivity contribution is 6.30. The van der Waals surface area contributed by atoms with E-state index in [1.165, 1.54) is 12.1 Å². The summed E-state index contributed by atoms with van der Waals surface area (Å²) in [6.45, 7) is 3.49. The van der Waals surface area contributed by atoms with Crippen molar-refractivity contribution in [3.05, 3.63) is 46.1 Å². The highest BCUT2D eigenvalue weighted by Crippen LogP contribution is 2.21. The third-order valence-corrected chi connectivity index (χ3v) is 3.60. The quantitative estimate of drug-likeness (QED) is 0.779. The minimum absolute atomic E-state index is 0.0262. The zero-order chi connectivity index (χ0) is 17.0. The molecule has 0 saturated carbocycles. The van der Waals surface area contributed by atoms with Gasteiger partial charge in [-0.3, -0.25) is 0 Å². The van der Waals surface area contributed by atoms with Crippen LogP contribution in [0.2, 0.25) is 5.02 Å². The van der Waals surface area contributed by atoms with Gasteiger partial charge in [0.05, 0.1) is 11.1 Å². The van der Waals surface area contributed by atoms with Crippen LogP contribution in [0.25, 0.3) is 0 Å². The molecule has 8 heteroatoms. The maximum absolute atomic E-state index is 13.4. The Labute approximate surface area is 137 Å². The molecule has 0 fully saturated rings. The molecule has 124 valence electrons. The number of carbonyl (C=O) groups is 1. The Morgan fingerprint density at radius 3 is 2.91 bits per heavy atom. The van der Waals surface area contributed by atoms with E-state index in [4.69, 9.17) is 16.1 Å². The predicted octanol–water partition coefficient (Wildman–Crippen LogP) is 3.19. The van der Waals surface area contributed by atoms with Crippen LogP contribution in [0.4, 0.5) is 14.9 Å². The maximum atomic E-state index is 13.4. The Kier molecular flexibility index (Phi) is 5.57. The van der Waals surface area contributed by atoms with E-state index in [1.54, 1.807) is 6.92 Å². The molecule has 1 unspecified atom stereocenters. The first-order valence-corrected chi connectivity index (χ1v) is 7.43. The van der Waals surface area contributed by atoms with Crippen LogP contribution < -0.4 is 10.6 Å². The summed E-state index contributed by atoms with van der Waals surface area (Å²) in [4.78, 5) is 11.9. The van der Waals surface area contributed by atoms with Crippen molar-refractivity contribution in [1.82, 2.24) is 10.5 Å². The highest BCUT2D eigenvalue weighted by atomic mass is 35.5. The zero-order valence-electron chi connectivity index (χ0n) is 12.7. The molecule has 2 amide bonds. The van der Waals surface area contributed by atoms with E-state index in [0.717, 1.165) is 6.07 Å². The largest absolute Gasteiger partial charge is 0.387 e. The number of halogens is 2. The van der Waals surface area contributed by atoms with Crippen molar-refractivity contribution in [2.75, 3.05) is 11.9 Å². The Morgan fingerprint density at radius 1 is 1.52 bits per heavy atom. The van der Waals surface area contributed by atoms with Crippen LogP contribution >= 0.6 is 11.6 Å². The predicted molar refractivity (Wildman–Crippen MR) is 84.0 cm³/mol. The standard InChI is InChI=1S/C15H17ClFN3O3/c1-3-12-14(8(2)23-20-12)19-15(22)18-7-13(21)9-4-5-10(16)11(17)6-9/h4-6,13,21H,3,7H2,1-2H3,(H2,18,19,22). The Morgan fingerprint density at radius 2 is 2.26 bits per heavy atom. The summed E-state index contributed by atoms with van der Waals surface area (Å²) in [5, 5.41) is 18.9. The Hall–Kier alpha value is -2.12. The minimum Gasteiger partial charge on any atom is -0.387 e. The van der Waals surface area contributed by atoms with Crippen LogP contribution in [-0.2, 0) is 6.42 Å². The number of hydrogen-bond donors (Lipinski definition) is 3. The second kappa shape index (κ2) is 7.43. The first-order valence-electron chi connectivity index (χ1n) is 7.05. The van der Waals surface area contributed by atoms with Crippen LogP contribution in [-0.4, -0.2) is 22.8 Å². The summed E-state index contributed by atoms with van der Waals surface area (Å²) >= 11 is 5.58. The molecule has 0 spiro atoms. The van der Waals surface area contributed by atoms with Crippen LogP contribution in [0.3, 0.4) is 0 Å². The van der Waals surface area contributed by atoms with Gasteiger partial charge in [-0.25, -0.2) is 9.18 Å². The minimum atomic E-state index is -1.05. The average Bonchev–Trinajstić information content (AvgIpc) is 2.88. The fourth-order valence-electron chi connectivity index (χ4n) is 2.00. The smallest absolute Gasteiger partial charge is 0.319 e. The summed E-state index contributed by atoms with van der Waals surface area (Å²) in [5.41, 5.74) is 1.47. The first-order chi connectivity index (χ1) is 10.9. The molecule has 1 heterocycles. The monoisotopic (exact) mass is 341 g/mol. The molecular weight excluding hydrogens is 325 g/mol. The van der Waals surface area contributed by atoms with Gasteiger partial charge in [0.25, 0.3) is 0 Å².